The zero-order chi connectivity index (χ0) is 11.6. The van der Waals surface area contributed by atoms with Crippen LogP contribution in [0.5, 0.6) is 0 Å². The Morgan fingerprint density at radius 1 is 0.714 bits per heavy atom. The molecule has 0 atom stereocenters. The average Bonchev–Trinajstić information content (AvgIpc) is 2.16. The minimum atomic E-state index is -0.333. The molecule has 4 nitrogen and oxygen atoms in total. The van der Waals surface area contributed by atoms with Gasteiger partial charge in [0.05, 0.1) is 0 Å². The minimum absolute atomic E-state index is 0. The highest BCUT2D eigenvalue weighted by Gasteiger charge is 1.52. The summed E-state index contributed by atoms with van der Waals surface area (Å²) >= 11 is 0. The maximum atomic E-state index is 6.06. The Labute approximate surface area is 92.6 Å². The molecule has 0 fully saturated rings. The van der Waals surface area contributed by atoms with Gasteiger partial charge < -0.3 is 17.6 Å². The fourth-order valence-electron chi connectivity index (χ4n) is 0. The van der Waals surface area contributed by atoms with Crippen molar-refractivity contribution in [2.24, 2.45) is 11.5 Å². The first-order valence-electron chi connectivity index (χ1n) is 4.83. The van der Waals surface area contributed by atoms with Gasteiger partial charge in [0, 0.05) is 0 Å². The molecule has 96 valence electrons. The highest BCUT2D eigenvalue weighted by molar-refractivity contribution is 5.71. The highest BCUT2D eigenvalue weighted by Crippen LogP contribution is 1.15. The van der Waals surface area contributed by atoms with Crippen LogP contribution in [-0.4, -0.2) is 5.96 Å². The van der Waals surface area contributed by atoms with E-state index in [9.17, 15) is 0 Å². The van der Waals surface area contributed by atoms with Crippen molar-refractivity contribution in [1.82, 2.24) is 6.15 Å². The standard InChI is InChI=1S/4C2H6.CH5N3.CH4.H3N/c4*1-2;2-1(3)4;;/h4*1-2H3;(H5,2,3,4);1H4;1H3. The largest absolute Gasteiger partial charge is 0.370 e. The number of rotatable bonds is 0. The lowest BCUT2D eigenvalue weighted by atomic mass is 11.0. The van der Waals surface area contributed by atoms with E-state index in [1.54, 1.807) is 0 Å². The summed E-state index contributed by atoms with van der Waals surface area (Å²) in [7, 11) is 0. The molecule has 0 saturated carbocycles. The maximum Gasteiger partial charge on any atom is 0.183 e. The number of nitrogens with one attached hydrogen (secondary N) is 1. The molecule has 0 saturated heterocycles. The van der Waals surface area contributed by atoms with E-state index in [-0.39, 0.29) is 19.5 Å². The molecule has 0 heterocycles. The topological polar surface area (TPSA) is 111 Å². The molecular formula is C10H36N4. The van der Waals surface area contributed by atoms with Crippen molar-refractivity contribution in [2.75, 3.05) is 0 Å². The molecule has 0 aliphatic heterocycles. The van der Waals surface area contributed by atoms with Crippen LogP contribution in [0.4, 0.5) is 0 Å². The van der Waals surface area contributed by atoms with Crippen molar-refractivity contribution in [3.05, 3.63) is 0 Å². The first-order chi connectivity index (χ1) is 5.73. The maximum absolute atomic E-state index is 6.06. The normalized spacial score (nSPS) is 3.43. The van der Waals surface area contributed by atoms with Crippen LogP contribution in [0.15, 0.2) is 0 Å². The Morgan fingerprint density at radius 3 is 0.714 bits per heavy atom. The lowest BCUT2D eigenvalue weighted by Crippen LogP contribution is -2.20. The van der Waals surface area contributed by atoms with E-state index < -0.39 is 0 Å². The van der Waals surface area contributed by atoms with Gasteiger partial charge >= 0.3 is 0 Å². The van der Waals surface area contributed by atoms with Gasteiger partial charge in [-0.25, -0.2) is 0 Å². The molecule has 0 bridgehead atoms. The first kappa shape index (κ1) is 51.0. The summed E-state index contributed by atoms with van der Waals surface area (Å²) in [5.41, 5.74) is 8.94. The SMILES string of the molecule is C.CC.CC.CC.CC.N.N=C(N)N. The molecule has 0 radical (unpaired) electrons. The van der Waals surface area contributed by atoms with E-state index in [2.05, 4.69) is 11.5 Å². The average molecular weight is 212 g/mol. The van der Waals surface area contributed by atoms with Gasteiger partial charge in [0.25, 0.3) is 0 Å². The zero-order valence-corrected chi connectivity index (χ0v) is 10.9. The molecule has 0 aliphatic rings. The summed E-state index contributed by atoms with van der Waals surface area (Å²) in [6.45, 7) is 16.0. The molecular weight excluding hydrogens is 176 g/mol. The molecule has 4 heteroatoms. The van der Waals surface area contributed by atoms with Gasteiger partial charge in [0.15, 0.2) is 5.96 Å². The first-order valence-corrected chi connectivity index (χ1v) is 4.83. The Bertz CT molecular complexity index is 35.1. The van der Waals surface area contributed by atoms with E-state index in [0.717, 1.165) is 0 Å². The molecule has 0 aliphatic carbocycles. The van der Waals surface area contributed by atoms with Crippen LogP contribution in [0.1, 0.15) is 62.8 Å². The van der Waals surface area contributed by atoms with Crippen LogP contribution in [0.3, 0.4) is 0 Å². The molecule has 8 N–H and O–H groups in total. The van der Waals surface area contributed by atoms with Crippen LogP contribution >= 0.6 is 0 Å². The summed E-state index contributed by atoms with van der Waals surface area (Å²) in [4.78, 5) is 0. The van der Waals surface area contributed by atoms with Crippen LogP contribution in [0.2, 0.25) is 0 Å². The second kappa shape index (κ2) is 310. The van der Waals surface area contributed by atoms with Crippen molar-refractivity contribution < 1.29 is 0 Å². The fraction of sp³-hybridized carbons (Fsp3) is 0.900. The number of guanidine groups is 1. The zero-order valence-electron chi connectivity index (χ0n) is 10.9. The second-order valence-electron chi connectivity index (χ2n) is 0.455. The van der Waals surface area contributed by atoms with E-state index in [1.807, 2.05) is 55.4 Å². The third-order valence-corrected chi connectivity index (χ3v) is 0. The predicted octanol–water partition coefficient (Wildman–Crippen LogP) is 3.74. The Morgan fingerprint density at radius 2 is 0.714 bits per heavy atom. The van der Waals surface area contributed by atoms with Crippen LogP contribution in [0.25, 0.3) is 0 Å². The molecule has 14 heavy (non-hydrogen) atoms. The molecule has 0 spiro atoms. The highest BCUT2D eigenvalue weighted by atomic mass is 14.9. The van der Waals surface area contributed by atoms with Crippen molar-refractivity contribution in [3.8, 4) is 0 Å². The Hall–Kier alpha value is -0.770. The van der Waals surface area contributed by atoms with Gasteiger partial charge in [-0.3, -0.25) is 5.41 Å². The predicted molar refractivity (Wildman–Crippen MR) is 73.2 cm³/mol. The van der Waals surface area contributed by atoms with Gasteiger partial charge in [0.2, 0.25) is 0 Å². The molecule has 0 aromatic heterocycles. The fourth-order valence-corrected chi connectivity index (χ4v) is 0. The molecule has 0 rings (SSSR count). The summed E-state index contributed by atoms with van der Waals surface area (Å²) < 4.78 is 0. The number of hydrogen-bond donors (Lipinski definition) is 4. The van der Waals surface area contributed by atoms with E-state index in [0.29, 0.717) is 0 Å². The summed E-state index contributed by atoms with van der Waals surface area (Å²) in [6, 6.07) is 0. The Balaban J connectivity index is -0.00000000887. The molecule has 0 unspecified atom stereocenters. The van der Waals surface area contributed by atoms with E-state index in [1.165, 1.54) is 0 Å². The van der Waals surface area contributed by atoms with E-state index >= 15 is 0 Å². The third-order valence-electron chi connectivity index (χ3n) is 0. The lowest BCUT2D eigenvalue weighted by molar-refractivity contribution is 1.39. The Kier molecular flexibility index (Phi) is 1130. The lowest BCUT2D eigenvalue weighted by Gasteiger charge is -1.69. The van der Waals surface area contributed by atoms with Crippen molar-refractivity contribution in [1.29, 1.82) is 5.41 Å². The van der Waals surface area contributed by atoms with Gasteiger partial charge in [-0.15, -0.1) is 0 Å². The smallest absolute Gasteiger partial charge is 0.183 e. The van der Waals surface area contributed by atoms with Crippen molar-refractivity contribution in [2.45, 2.75) is 62.8 Å². The van der Waals surface area contributed by atoms with Gasteiger partial charge in [-0.05, 0) is 0 Å². The quantitative estimate of drug-likeness (QED) is 0.362. The van der Waals surface area contributed by atoms with Gasteiger partial charge in [-0.1, -0.05) is 62.8 Å². The molecule has 0 amide bonds. The van der Waals surface area contributed by atoms with Crippen LogP contribution in [-0.2, 0) is 0 Å². The van der Waals surface area contributed by atoms with Crippen LogP contribution < -0.4 is 17.6 Å². The van der Waals surface area contributed by atoms with E-state index in [4.69, 9.17) is 5.41 Å². The number of hydrogen-bond acceptors (Lipinski definition) is 2. The van der Waals surface area contributed by atoms with Gasteiger partial charge in [-0.2, -0.15) is 0 Å². The summed E-state index contributed by atoms with van der Waals surface area (Å²) in [6.07, 6.45) is 0. The minimum Gasteiger partial charge on any atom is -0.370 e. The van der Waals surface area contributed by atoms with Crippen molar-refractivity contribution in [3.63, 3.8) is 0 Å². The van der Waals surface area contributed by atoms with Crippen molar-refractivity contribution >= 4 is 5.96 Å². The van der Waals surface area contributed by atoms with Crippen LogP contribution in [0, 0.1) is 5.41 Å². The van der Waals surface area contributed by atoms with Gasteiger partial charge in [0.1, 0.15) is 0 Å². The number of nitrogens with two attached hydrogens (primary N) is 2. The monoisotopic (exact) mass is 212 g/mol. The summed E-state index contributed by atoms with van der Waals surface area (Å²) in [5, 5.41) is 6.06. The summed E-state index contributed by atoms with van der Waals surface area (Å²) in [5.74, 6) is -0.333. The third kappa shape index (κ3) is 1980. The molecule has 0 aromatic carbocycles. The second-order valence-corrected chi connectivity index (χ2v) is 0.455. The molecule has 0 aromatic rings.